The zero-order valence-corrected chi connectivity index (χ0v) is 18.9. The Morgan fingerprint density at radius 3 is 1.40 bits per heavy atom. The lowest BCUT2D eigenvalue weighted by atomic mass is 9.82. The molecule has 0 aliphatic carbocycles. The largest absolute Gasteiger partial charge is 0.393 e. The topological polar surface area (TPSA) is 128 Å². The van der Waals surface area contributed by atoms with Crippen LogP contribution in [-0.4, -0.2) is 62.8 Å². The summed E-state index contributed by atoms with van der Waals surface area (Å²) in [6, 6.07) is 0. The van der Waals surface area contributed by atoms with E-state index in [1.807, 2.05) is 0 Å². The Morgan fingerprint density at radius 1 is 0.667 bits per heavy atom. The summed E-state index contributed by atoms with van der Waals surface area (Å²) < 4.78 is 3.47. The summed E-state index contributed by atoms with van der Waals surface area (Å²) in [7, 11) is 0. The van der Waals surface area contributed by atoms with E-state index in [1.165, 1.54) is 0 Å². The van der Waals surface area contributed by atoms with Gasteiger partial charge in [-0.3, -0.25) is 0 Å². The van der Waals surface area contributed by atoms with Gasteiger partial charge in [0, 0.05) is 13.1 Å². The minimum Gasteiger partial charge on any atom is -0.393 e. The van der Waals surface area contributed by atoms with E-state index < -0.39 is 0 Å². The highest BCUT2D eigenvalue weighted by Gasteiger charge is 2.22. The maximum Gasteiger partial charge on any atom is 0.138 e. The van der Waals surface area contributed by atoms with Gasteiger partial charge in [0.05, 0.1) is 12.2 Å². The molecule has 0 spiro atoms. The number of tetrazole rings is 2. The summed E-state index contributed by atoms with van der Waals surface area (Å²) in [5.74, 6) is 0. The number of aryl methyl sites for hydroxylation is 2. The summed E-state index contributed by atoms with van der Waals surface area (Å²) >= 11 is 0. The van der Waals surface area contributed by atoms with Gasteiger partial charge in [-0.1, -0.05) is 27.7 Å². The van der Waals surface area contributed by atoms with Crippen molar-refractivity contribution < 1.29 is 10.2 Å². The maximum atomic E-state index is 10.4. The smallest absolute Gasteiger partial charge is 0.138 e. The van der Waals surface area contributed by atoms with Crippen molar-refractivity contribution in [2.24, 2.45) is 10.8 Å². The van der Waals surface area contributed by atoms with Gasteiger partial charge in [-0.2, -0.15) is 0 Å². The van der Waals surface area contributed by atoms with E-state index in [2.05, 4.69) is 58.7 Å². The zero-order chi connectivity index (χ0) is 22.0. The van der Waals surface area contributed by atoms with E-state index >= 15 is 0 Å². The van der Waals surface area contributed by atoms with Crippen molar-refractivity contribution >= 4 is 0 Å². The van der Waals surface area contributed by atoms with Crippen molar-refractivity contribution in [2.45, 2.75) is 104 Å². The number of aliphatic hydroxyl groups is 2. The molecule has 0 fully saturated rings. The zero-order valence-electron chi connectivity index (χ0n) is 18.9. The number of nitrogens with zero attached hydrogens (tertiary/aromatic N) is 8. The van der Waals surface area contributed by atoms with Crippen molar-refractivity contribution in [2.75, 3.05) is 0 Å². The van der Waals surface area contributed by atoms with Crippen LogP contribution in [-0.2, 0) is 13.1 Å². The maximum absolute atomic E-state index is 10.4. The third kappa shape index (κ3) is 9.71. The molecule has 2 rings (SSSR count). The molecule has 170 valence electrons. The second-order valence-corrected chi connectivity index (χ2v) is 9.94. The lowest BCUT2D eigenvalue weighted by Crippen LogP contribution is -2.21. The van der Waals surface area contributed by atoms with E-state index in [-0.39, 0.29) is 23.0 Å². The van der Waals surface area contributed by atoms with Crippen molar-refractivity contribution in [3.63, 3.8) is 0 Å². The fourth-order valence-electron chi connectivity index (χ4n) is 3.44. The van der Waals surface area contributed by atoms with Crippen molar-refractivity contribution in [3.8, 4) is 0 Å². The molecule has 0 aromatic carbocycles. The SMILES string of the molecule is CC(C)(CCC(O)CCC(O)CCC(C)(C)CCn1cnnn1)CCn1cnnn1. The average molecular weight is 423 g/mol. The third-order valence-corrected chi connectivity index (χ3v) is 5.96. The fraction of sp³-hybridized carbons (Fsp3) is 0.900. The first-order valence-corrected chi connectivity index (χ1v) is 10.9. The molecule has 0 bridgehead atoms. The number of hydrogen-bond donors (Lipinski definition) is 2. The molecule has 10 nitrogen and oxygen atoms in total. The molecule has 0 amide bonds. The van der Waals surface area contributed by atoms with Gasteiger partial charge in [0.15, 0.2) is 0 Å². The highest BCUT2D eigenvalue weighted by Crippen LogP contribution is 2.30. The highest BCUT2D eigenvalue weighted by molar-refractivity contribution is 4.74. The van der Waals surface area contributed by atoms with Crippen molar-refractivity contribution in [3.05, 3.63) is 12.7 Å². The Kier molecular flexibility index (Phi) is 9.29. The van der Waals surface area contributed by atoms with Crippen LogP contribution in [0.2, 0.25) is 0 Å². The standard InChI is InChI=1S/C20H38N8O2/c1-19(2,11-13-27-15-21-23-25-27)9-7-17(29)5-6-18(30)8-10-20(3,4)12-14-28-16-22-24-26-28/h15-18,29-30H,5-14H2,1-4H3. The van der Waals surface area contributed by atoms with Gasteiger partial charge in [0.2, 0.25) is 0 Å². The third-order valence-electron chi connectivity index (χ3n) is 5.96. The van der Waals surface area contributed by atoms with Crippen molar-refractivity contribution in [1.29, 1.82) is 0 Å². The second-order valence-electron chi connectivity index (χ2n) is 9.94. The van der Waals surface area contributed by atoms with Crippen LogP contribution in [0.15, 0.2) is 12.7 Å². The Hall–Kier alpha value is -1.94. The van der Waals surface area contributed by atoms with E-state index in [9.17, 15) is 10.2 Å². The average Bonchev–Trinajstić information content (AvgIpc) is 3.40. The van der Waals surface area contributed by atoms with Gasteiger partial charge >= 0.3 is 0 Å². The van der Waals surface area contributed by atoms with E-state index in [1.54, 1.807) is 22.0 Å². The number of aliphatic hydroxyl groups excluding tert-OH is 2. The van der Waals surface area contributed by atoms with Crippen LogP contribution in [0.3, 0.4) is 0 Å². The first kappa shape index (κ1) is 24.3. The molecule has 2 aromatic heterocycles. The van der Waals surface area contributed by atoms with Crippen molar-refractivity contribution in [1.82, 2.24) is 40.4 Å². The summed E-state index contributed by atoms with van der Waals surface area (Å²) in [6.07, 6.45) is 9.01. The number of rotatable bonds is 15. The molecule has 30 heavy (non-hydrogen) atoms. The van der Waals surface area contributed by atoms with E-state index in [0.29, 0.717) is 12.8 Å². The summed E-state index contributed by atoms with van der Waals surface area (Å²) in [5.41, 5.74) is 0.213. The van der Waals surface area contributed by atoms with Crippen LogP contribution in [0.4, 0.5) is 0 Å². The summed E-state index contributed by atoms with van der Waals surface area (Å²) in [4.78, 5) is 0. The molecule has 0 aliphatic rings. The molecular formula is C20H38N8O2. The number of aromatic nitrogens is 8. The highest BCUT2D eigenvalue weighted by atomic mass is 16.3. The molecule has 0 saturated heterocycles. The van der Waals surface area contributed by atoms with Gasteiger partial charge in [-0.25, -0.2) is 9.36 Å². The minimum absolute atomic E-state index is 0.106. The molecule has 2 unspecified atom stereocenters. The normalized spacial score (nSPS) is 14.7. The molecule has 0 saturated carbocycles. The molecule has 0 radical (unpaired) electrons. The molecule has 2 aromatic rings. The van der Waals surface area contributed by atoms with Crippen LogP contribution >= 0.6 is 0 Å². The predicted molar refractivity (Wildman–Crippen MR) is 112 cm³/mol. The molecule has 0 aliphatic heterocycles. The first-order chi connectivity index (χ1) is 14.2. The van der Waals surface area contributed by atoms with Gasteiger partial charge in [-0.05, 0) is 83.1 Å². The van der Waals surface area contributed by atoms with Crippen LogP contribution in [0.1, 0.15) is 79.1 Å². The summed E-state index contributed by atoms with van der Waals surface area (Å²) in [6.45, 7) is 10.4. The van der Waals surface area contributed by atoms with Crippen LogP contribution in [0.5, 0.6) is 0 Å². The molecule has 10 heteroatoms. The molecule has 2 atom stereocenters. The Bertz CT molecular complexity index is 627. The summed E-state index contributed by atoms with van der Waals surface area (Å²) in [5, 5.41) is 43.1. The number of hydrogen-bond acceptors (Lipinski definition) is 8. The Morgan fingerprint density at radius 2 is 1.07 bits per heavy atom. The molecular weight excluding hydrogens is 384 g/mol. The molecule has 2 heterocycles. The Balaban J connectivity index is 1.58. The van der Waals surface area contributed by atoms with Gasteiger partial charge < -0.3 is 10.2 Å². The predicted octanol–water partition coefficient (Wildman–Crippen LogP) is 2.25. The fourth-order valence-corrected chi connectivity index (χ4v) is 3.44. The van der Waals surface area contributed by atoms with E-state index in [0.717, 1.165) is 51.6 Å². The van der Waals surface area contributed by atoms with Crippen LogP contribution in [0.25, 0.3) is 0 Å². The molecule has 2 N–H and O–H groups in total. The van der Waals surface area contributed by atoms with E-state index in [4.69, 9.17) is 0 Å². The lowest BCUT2D eigenvalue weighted by molar-refractivity contribution is 0.0857. The van der Waals surface area contributed by atoms with Crippen LogP contribution < -0.4 is 0 Å². The quantitative estimate of drug-likeness (QED) is 0.447. The van der Waals surface area contributed by atoms with Crippen LogP contribution in [0, 0.1) is 10.8 Å². The lowest BCUT2D eigenvalue weighted by Gasteiger charge is -2.27. The van der Waals surface area contributed by atoms with Gasteiger partial charge in [-0.15, -0.1) is 10.2 Å². The van der Waals surface area contributed by atoms with Gasteiger partial charge in [0.25, 0.3) is 0 Å². The van der Waals surface area contributed by atoms with Gasteiger partial charge in [0.1, 0.15) is 12.7 Å². The minimum atomic E-state index is -0.375. The second kappa shape index (κ2) is 11.5. The first-order valence-electron chi connectivity index (χ1n) is 10.9. The Labute approximate surface area is 179 Å². The monoisotopic (exact) mass is 422 g/mol.